The first-order chi connectivity index (χ1) is 13.2. The molecule has 4 nitrogen and oxygen atoms in total. The Balaban J connectivity index is 1.60. The predicted octanol–water partition coefficient (Wildman–Crippen LogP) is 4.32. The monoisotopic (exact) mass is 377 g/mol. The van der Waals surface area contributed by atoms with E-state index in [1.54, 1.807) is 24.5 Å². The van der Waals surface area contributed by atoms with Crippen molar-refractivity contribution in [1.82, 2.24) is 14.3 Å². The molecule has 0 aliphatic carbocycles. The Morgan fingerprint density at radius 2 is 2.04 bits per heavy atom. The average Bonchev–Trinajstić information content (AvgIpc) is 3.31. The highest BCUT2D eigenvalue weighted by atomic mass is 32.1. The molecule has 0 fully saturated rings. The zero-order chi connectivity index (χ0) is 18.4. The minimum atomic E-state index is -0.276. The molecular formula is C21H16FN3OS. The van der Waals surface area contributed by atoms with Crippen LogP contribution in [-0.2, 0) is 6.42 Å². The van der Waals surface area contributed by atoms with Crippen LogP contribution in [0.25, 0.3) is 5.65 Å². The molecular weight excluding hydrogens is 361 g/mol. The maximum Gasteiger partial charge on any atom is 0.256 e. The third kappa shape index (κ3) is 2.73. The highest BCUT2D eigenvalue weighted by Gasteiger charge is 2.34. The van der Waals surface area contributed by atoms with Gasteiger partial charge in [-0.15, -0.1) is 11.3 Å². The van der Waals surface area contributed by atoms with Crippen molar-refractivity contribution in [2.24, 2.45) is 0 Å². The zero-order valence-electron chi connectivity index (χ0n) is 14.4. The van der Waals surface area contributed by atoms with Gasteiger partial charge in [0.25, 0.3) is 5.91 Å². The number of rotatable bonds is 2. The normalized spacial score (nSPS) is 16.5. The summed E-state index contributed by atoms with van der Waals surface area (Å²) in [7, 11) is 0. The molecule has 134 valence electrons. The quantitative estimate of drug-likeness (QED) is 0.522. The van der Waals surface area contributed by atoms with Gasteiger partial charge in [0, 0.05) is 30.0 Å². The Bertz CT molecular complexity index is 1130. The molecule has 0 radical (unpaired) electrons. The van der Waals surface area contributed by atoms with Crippen LogP contribution < -0.4 is 0 Å². The highest BCUT2D eigenvalue weighted by Crippen LogP contribution is 2.39. The molecule has 1 atom stereocenters. The van der Waals surface area contributed by atoms with Crippen molar-refractivity contribution < 1.29 is 9.18 Å². The van der Waals surface area contributed by atoms with Gasteiger partial charge in [-0.25, -0.2) is 4.98 Å². The molecule has 0 spiro atoms. The van der Waals surface area contributed by atoms with E-state index in [9.17, 15) is 9.18 Å². The first-order valence-corrected chi connectivity index (χ1v) is 9.59. The topological polar surface area (TPSA) is 37.6 Å². The van der Waals surface area contributed by atoms with Gasteiger partial charge in [-0.05, 0) is 35.7 Å². The maximum absolute atomic E-state index is 14.0. The SMILES string of the molecule is O=C(c1ccc2nccn2c1)N1CCc2sc(F)cc2C1c1ccccc1. The van der Waals surface area contributed by atoms with Crippen molar-refractivity contribution in [3.05, 3.63) is 93.8 Å². The van der Waals surface area contributed by atoms with E-state index in [4.69, 9.17) is 0 Å². The minimum Gasteiger partial charge on any atom is -0.327 e. The molecule has 0 bridgehead atoms. The summed E-state index contributed by atoms with van der Waals surface area (Å²) in [5.41, 5.74) is 3.29. The van der Waals surface area contributed by atoms with E-state index in [2.05, 4.69) is 4.98 Å². The number of fused-ring (bicyclic) bond motifs is 2. The second kappa shape index (κ2) is 6.32. The molecule has 3 aromatic heterocycles. The molecule has 4 heterocycles. The van der Waals surface area contributed by atoms with E-state index >= 15 is 0 Å². The highest BCUT2D eigenvalue weighted by molar-refractivity contribution is 7.10. The number of hydrogen-bond donors (Lipinski definition) is 0. The van der Waals surface area contributed by atoms with Gasteiger partial charge >= 0.3 is 0 Å². The van der Waals surface area contributed by atoms with E-state index in [0.717, 1.165) is 21.7 Å². The molecule has 0 saturated carbocycles. The van der Waals surface area contributed by atoms with Gasteiger partial charge in [0.1, 0.15) is 5.65 Å². The molecule has 5 rings (SSSR count). The van der Waals surface area contributed by atoms with Crippen molar-refractivity contribution >= 4 is 22.9 Å². The van der Waals surface area contributed by atoms with E-state index in [-0.39, 0.29) is 17.1 Å². The van der Waals surface area contributed by atoms with Crippen LogP contribution in [0, 0.1) is 5.13 Å². The molecule has 0 saturated heterocycles. The summed E-state index contributed by atoms with van der Waals surface area (Å²) in [5, 5.41) is -0.199. The largest absolute Gasteiger partial charge is 0.327 e. The Hall–Kier alpha value is -2.99. The fourth-order valence-electron chi connectivity index (χ4n) is 3.78. The lowest BCUT2D eigenvalue weighted by molar-refractivity contribution is 0.0695. The molecule has 0 N–H and O–H groups in total. The fraction of sp³-hybridized carbons (Fsp3) is 0.143. The van der Waals surface area contributed by atoms with Crippen LogP contribution in [0.3, 0.4) is 0 Å². The molecule has 1 aliphatic heterocycles. The number of carbonyl (C=O) groups excluding carboxylic acids is 1. The summed E-state index contributed by atoms with van der Waals surface area (Å²) >= 11 is 1.18. The number of thiophene rings is 1. The summed E-state index contributed by atoms with van der Waals surface area (Å²) in [6.45, 7) is 0.563. The maximum atomic E-state index is 14.0. The van der Waals surface area contributed by atoms with Gasteiger partial charge in [-0.2, -0.15) is 4.39 Å². The lowest BCUT2D eigenvalue weighted by atomic mass is 9.92. The molecule has 1 amide bonds. The lowest BCUT2D eigenvalue weighted by Crippen LogP contribution is -2.40. The number of pyridine rings is 1. The average molecular weight is 377 g/mol. The molecule has 27 heavy (non-hydrogen) atoms. The second-order valence-electron chi connectivity index (χ2n) is 6.60. The van der Waals surface area contributed by atoms with E-state index < -0.39 is 0 Å². The molecule has 1 unspecified atom stereocenters. The van der Waals surface area contributed by atoms with E-state index in [1.165, 1.54) is 11.3 Å². The van der Waals surface area contributed by atoms with Crippen LogP contribution in [0.2, 0.25) is 0 Å². The predicted molar refractivity (Wildman–Crippen MR) is 102 cm³/mol. The van der Waals surface area contributed by atoms with Crippen LogP contribution >= 0.6 is 11.3 Å². The van der Waals surface area contributed by atoms with Crippen molar-refractivity contribution in [3.8, 4) is 0 Å². The molecule has 1 aromatic carbocycles. The number of carbonyl (C=O) groups is 1. The van der Waals surface area contributed by atoms with Crippen LogP contribution in [-0.4, -0.2) is 26.7 Å². The summed E-state index contributed by atoms with van der Waals surface area (Å²) in [6, 6.07) is 14.8. The summed E-state index contributed by atoms with van der Waals surface area (Å²) < 4.78 is 15.8. The van der Waals surface area contributed by atoms with Crippen molar-refractivity contribution in [2.75, 3.05) is 6.54 Å². The van der Waals surface area contributed by atoms with Gasteiger partial charge in [0.2, 0.25) is 0 Å². The molecule has 4 aromatic rings. The number of halogens is 1. The second-order valence-corrected chi connectivity index (χ2v) is 7.69. The third-order valence-corrected chi connectivity index (χ3v) is 6.01. The number of benzene rings is 1. The van der Waals surface area contributed by atoms with Gasteiger partial charge in [-0.1, -0.05) is 30.3 Å². The van der Waals surface area contributed by atoms with Crippen LogP contribution in [0.15, 0.2) is 67.1 Å². The Labute approximate surface area is 159 Å². The molecule has 1 aliphatic rings. The van der Waals surface area contributed by atoms with Crippen molar-refractivity contribution in [3.63, 3.8) is 0 Å². The summed E-state index contributed by atoms with van der Waals surface area (Å²) in [4.78, 5) is 20.5. The van der Waals surface area contributed by atoms with Crippen LogP contribution in [0.5, 0.6) is 0 Å². The third-order valence-electron chi connectivity index (χ3n) is 5.01. The van der Waals surface area contributed by atoms with Crippen molar-refractivity contribution in [1.29, 1.82) is 0 Å². The standard InChI is InChI=1S/C21H16FN3OS/c22-18-12-16-17(27-18)8-10-25(20(16)14-4-2-1-3-5-14)21(26)15-6-7-19-23-9-11-24(19)13-15/h1-7,9,11-13,20H,8,10H2. The van der Waals surface area contributed by atoms with Crippen LogP contribution in [0.1, 0.15) is 32.4 Å². The number of amides is 1. The smallest absolute Gasteiger partial charge is 0.256 e. The van der Waals surface area contributed by atoms with E-state index in [0.29, 0.717) is 18.5 Å². The van der Waals surface area contributed by atoms with Gasteiger partial charge < -0.3 is 9.30 Å². The number of aromatic nitrogens is 2. The lowest BCUT2D eigenvalue weighted by Gasteiger charge is -2.36. The zero-order valence-corrected chi connectivity index (χ0v) is 15.2. The van der Waals surface area contributed by atoms with Gasteiger partial charge in [-0.3, -0.25) is 4.79 Å². The summed E-state index contributed by atoms with van der Waals surface area (Å²) in [6.07, 6.45) is 6.00. The van der Waals surface area contributed by atoms with Gasteiger partial charge in [0.05, 0.1) is 11.6 Å². The Morgan fingerprint density at radius 1 is 1.19 bits per heavy atom. The fourth-order valence-corrected chi connectivity index (χ4v) is 4.68. The number of hydrogen-bond acceptors (Lipinski definition) is 3. The molecule has 6 heteroatoms. The first kappa shape index (κ1) is 16.2. The van der Waals surface area contributed by atoms with E-state index in [1.807, 2.05) is 51.9 Å². The Morgan fingerprint density at radius 3 is 2.89 bits per heavy atom. The summed E-state index contributed by atoms with van der Waals surface area (Å²) in [5.74, 6) is -0.0586. The number of nitrogens with zero attached hydrogens (tertiary/aromatic N) is 3. The minimum absolute atomic E-state index is 0.0586. The Kier molecular flexibility index (Phi) is 3.79. The first-order valence-electron chi connectivity index (χ1n) is 8.77. The van der Waals surface area contributed by atoms with Gasteiger partial charge in [0.15, 0.2) is 5.13 Å². The van der Waals surface area contributed by atoms with Crippen molar-refractivity contribution in [2.45, 2.75) is 12.5 Å². The number of imidazole rings is 1. The van der Waals surface area contributed by atoms with Crippen LogP contribution in [0.4, 0.5) is 4.39 Å².